The number of nitrogen functional groups attached to an aromatic ring is 2. The van der Waals surface area contributed by atoms with Crippen LogP contribution < -0.4 is 26.0 Å². The summed E-state index contributed by atoms with van der Waals surface area (Å²) in [5, 5.41) is 80.2. The fourth-order valence-electron chi connectivity index (χ4n) is 13.8. The molecular weight excluding hydrogens is 2020 g/mol. The van der Waals surface area contributed by atoms with E-state index in [1.807, 2.05) is 184 Å². The van der Waals surface area contributed by atoms with Gasteiger partial charge in [-0.15, -0.1) is 0 Å². The summed E-state index contributed by atoms with van der Waals surface area (Å²) in [5.41, 5.74) is 22.5. The van der Waals surface area contributed by atoms with Crippen LogP contribution in [-0.4, -0.2) is 131 Å². The Morgan fingerprint density at radius 1 is 0.397 bits per heavy atom. The van der Waals surface area contributed by atoms with Crippen LogP contribution >= 0.6 is 106 Å². The number of para-hydroxylation sites is 2. The number of aliphatic carboxylic acids is 8. The number of carbonyl (C=O) groups is 10. The van der Waals surface area contributed by atoms with Crippen LogP contribution in [0.5, 0.6) is 11.5 Å². The minimum atomic E-state index is -1.23. The fourth-order valence-corrected chi connectivity index (χ4v) is 21.1. The third kappa shape index (κ3) is 43.1. The maximum Gasteiger partial charge on any atom is 0.310 e. The first-order valence-corrected chi connectivity index (χ1v) is 50.1. The molecule has 0 amide bonds. The monoisotopic (exact) mass is 2140 g/mol. The van der Waals surface area contributed by atoms with Gasteiger partial charge in [0.15, 0.2) is 11.6 Å². The highest BCUT2D eigenvalue weighted by atomic mass is 79.9. The van der Waals surface area contributed by atoms with Gasteiger partial charge in [0, 0.05) is 118 Å². The van der Waals surface area contributed by atoms with Crippen molar-refractivity contribution < 1.29 is 98.3 Å². The Morgan fingerprint density at radius 3 is 1.04 bits per heavy atom. The zero-order valence-electron chi connectivity index (χ0n) is 75.2. The molecule has 0 saturated carbocycles. The third-order valence-electron chi connectivity index (χ3n) is 21.4. The largest absolute Gasteiger partial charge is 0.550 e. The van der Waals surface area contributed by atoms with E-state index in [2.05, 4.69) is 15.9 Å². The van der Waals surface area contributed by atoms with Gasteiger partial charge in [0.2, 0.25) is 0 Å². The minimum absolute atomic E-state index is 0. The van der Waals surface area contributed by atoms with Gasteiger partial charge < -0.3 is 66.6 Å². The summed E-state index contributed by atoms with van der Waals surface area (Å²) in [6.45, 7) is 5.31. The molecule has 0 spiro atoms. The molecule has 12 aromatic carbocycles. The van der Waals surface area contributed by atoms with Gasteiger partial charge in [0.25, 0.3) is 0 Å². The molecule has 22 nitrogen and oxygen atoms in total. The molecule has 0 aromatic heterocycles. The Hall–Kier alpha value is -11.5. The Morgan fingerprint density at radius 2 is 0.716 bits per heavy atom. The van der Waals surface area contributed by atoms with E-state index in [9.17, 15) is 53.1 Å². The Labute approximate surface area is 871 Å². The number of halogens is 5. The predicted octanol–water partition coefficient (Wildman–Crippen LogP) is 27.2. The highest BCUT2D eigenvalue weighted by Gasteiger charge is 2.23. The van der Waals surface area contributed by atoms with Gasteiger partial charge in [-0.25, -0.2) is 0 Å². The number of carboxylic acids is 8. The lowest BCUT2D eigenvalue weighted by molar-refractivity contribution is -0.304. The average Bonchev–Trinajstić information content (AvgIpc) is 0.890. The molecule has 14 rings (SSSR count). The predicted molar refractivity (Wildman–Crippen MR) is 584 cm³/mol. The van der Waals surface area contributed by atoms with Crippen LogP contribution in [0.25, 0.3) is 21.5 Å². The van der Waals surface area contributed by atoms with Crippen molar-refractivity contribution >= 4 is 198 Å². The zero-order chi connectivity index (χ0) is 99.5. The first kappa shape index (κ1) is 126. The Kier molecular flexibility index (Phi) is 58.4. The van der Waals surface area contributed by atoms with E-state index in [1.54, 1.807) is 137 Å². The third-order valence-corrected chi connectivity index (χ3v) is 29.4. The van der Waals surface area contributed by atoms with Crippen LogP contribution in [0.1, 0.15) is 220 Å². The molecule has 11 N–H and O–H groups in total. The maximum atomic E-state index is 12.4. The molecule has 0 unspecified atom stereocenters. The zero-order valence-corrected chi connectivity index (χ0v) is 83.1. The summed E-state index contributed by atoms with van der Waals surface area (Å²) in [6, 6.07) is 72.1. The molecule has 756 valence electrons. The van der Waals surface area contributed by atoms with E-state index in [1.165, 1.54) is 37.2 Å². The average molecular weight is 2150 g/mol. The number of aryl methyl sites for hydroxylation is 1. The van der Waals surface area contributed by atoms with Gasteiger partial charge in [-0.2, -0.15) is 0 Å². The van der Waals surface area contributed by atoms with Crippen molar-refractivity contribution in [1.29, 1.82) is 0 Å². The van der Waals surface area contributed by atoms with Gasteiger partial charge >= 0.3 is 41.8 Å². The van der Waals surface area contributed by atoms with Gasteiger partial charge in [0.1, 0.15) is 11.5 Å². The van der Waals surface area contributed by atoms with Crippen molar-refractivity contribution in [3.63, 3.8) is 0 Å². The number of ketones is 2. The van der Waals surface area contributed by atoms with Crippen LogP contribution in [0.2, 0.25) is 20.1 Å². The smallest absolute Gasteiger partial charge is 0.310 e. The molecule has 2 aliphatic heterocycles. The SMILES string of the molecule is C.C.C.C.C.COc1ccc2cc([C@H](C)C(=O)O)ccc2c1.COc1ccc2cc([C@H](C)C(=O)O)ccc2c1.Cc1ccc(C(=O)c2cccc(CC(=O)[O-])c2N)cc1.Nc1c(CC(=O)O)cccc1C(=O)c1ccc(Br)cc1.O=C(O)CCCC[C@@H]1CCSS1.O=C(O)CCCC[C@@H]1CCSS1.O=C(O)Cc1ccccc1Cc1c(Cl)cccc1Cl.O=C(O)Cc1ccccc1Cc1c(Cl)cccc1Cl. The van der Waals surface area contributed by atoms with Crippen molar-refractivity contribution in [2.75, 3.05) is 37.2 Å². The van der Waals surface area contributed by atoms with E-state index in [-0.39, 0.29) is 85.8 Å². The van der Waals surface area contributed by atoms with E-state index in [0.717, 1.165) is 124 Å². The molecule has 2 saturated heterocycles. The first-order valence-electron chi connectivity index (χ1n) is 43.1. The van der Waals surface area contributed by atoms with E-state index < -0.39 is 59.6 Å². The van der Waals surface area contributed by atoms with E-state index in [0.29, 0.717) is 79.2 Å². The second-order valence-electron chi connectivity index (χ2n) is 31.3. The number of fused-ring (bicyclic) bond motifs is 2. The van der Waals surface area contributed by atoms with Crippen molar-refractivity contribution in [1.82, 2.24) is 0 Å². The summed E-state index contributed by atoms with van der Waals surface area (Å²) in [4.78, 5) is 110. The topological polar surface area (TPSA) is 406 Å². The molecule has 0 aliphatic carbocycles. The first-order chi connectivity index (χ1) is 64.9. The van der Waals surface area contributed by atoms with Gasteiger partial charge in [-0.3, -0.25) is 43.2 Å². The van der Waals surface area contributed by atoms with Crippen molar-refractivity contribution in [2.24, 2.45) is 0 Å². The molecule has 2 fully saturated rings. The summed E-state index contributed by atoms with van der Waals surface area (Å²) < 4.78 is 11.2. The van der Waals surface area contributed by atoms with E-state index in [4.69, 9.17) is 103 Å². The number of methoxy groups -OCH3 is 2. The van der Waals surface area contributed by atoms with Crippen LogP contribution in [0.3, 0.4) is 0 Å². The maximum absolute atomic E-state index is 12.4. The quantitative estimate of drug-likeness (QED) is 0.00818. The molecule has 31 heteroatoms. The fraction of sp³-hybridized carbons (Fsp3) is 0.291. The normalized spacial score (nSPS) is 12.6. The molecule has 4 atom stereocenters. The second kappa shape index (κ2) is 65.6. The molecule has 141 heavy (non-hydrogen) atoms. The Balaban J connectivity index is 0.000000545. The second-order valence-corrected chi connectivity index (χ2v) is 39.5. The highest BCUT2D eigenvalue weighted by Crippen LogP contribution is 2.42. The number of ether oxygens (including phenoxy) is 2. The van der Waals surface area contributed by atoms with Crippen LogP contribution in [0, 0.1) is 6.92 Å². The number of carbonyl (C=O) groups excluding carboxylic acids is 3. The van der Waals surface area contributed by atoms with Crippen molar-refractivity contribution in [3.8, 4) is 11.5 Å². The molecule has 12 aromatic rings. The number of hydrogen-bond acceptors (Lipinski definition) is 19. The minimum Gasteiger partial charge on any atom is -0.550 e. The van der Waals surface area contributed by atoms with Gasteiger partial charge in [-0.1, -0.05) is 319 Å². The van der Waals surface area contributed by atoms with Crippen molar-refractivity contribution in [2.45, 2.75) is 183 Å². The molecule has 2 heterocycles. The lowest BCUT2D eigenvalue weighted by Gasteiger charge is -2.11. The number of unbranched alkanes of at least 4 members (excludes halogenated alkanes) is 2. The van der Waals surface area contributed by atoms with Crippen LogP contribution in [0.15, 0.2) is 247 Å². The van der Waals surface area contributed by atoms with Crippen LogP contribution in [-0.2, 0) is 76.9 Å². The molecular formula is C110H126BrCl4N2O20S4-. The summed E-state index contributed by atoms with van der Waals surface area (Å²) >= 11 is 27.8. The summed E-state index contributed by atoms with van der Waals surface area (Å²) in [5.74, 6) is -4.11. The number of rotatable bonds is 32. The van der Waals surface area contributed by atoms with E-state index >= 15 is 0 Å². The van der Waals surface area contributed by atoms with Crippen molar-refractivity contribution in [3.05, 3.63) is 351 Å². The number of benzene rings is 12. The van der Waals surface area contributed by atoms with Crippen LogP contribution in [0.4, 0.5) is 11.4 Å². The molecule has 2 aliphatic rings. The molecule has 0 radical (unpaired) electrons. The summed E-state index contributed by atoms with van der Waals surface area (Å²) in [7, 11) is 11.1. The molecule has 0 bridgehead atoms. The highest BCUT2D eigenvalue weighted by molar-refractivity contribution is 9.10. The van der Waals surface area contributed by atoms with Gasteiger partial charge in [-0.05, 0) is 221 Å². The Bertz CT molecular complexity index is 5680. The van der Waals surface area contributed by atoms with Gasteiger partial charge in [0.05, 0.1) is 45.3 Å². The number of carboxylic acid groups (broad SMARTS) is 8. The number of hydrogen-bond donors (Lipinski definition) is 9. The number of nitrogens with two attached hydrogens (primary N) is 2. The standard InChI is InChI=1S/C16H15NO3.C15H12BrNO3.2C15H12Cl2O2.2C14H14O3.2C8H14O2S2.5CH4/c1-10-5-7-11(8-6-10)16(20)13-4-2-3-12(15(13)17)9-14(18)19;16-11-6-4-9(5-7-11)15(20)12-3-1-2-10(14(12)17)8-13(18)19;2*16-13-6-3-7-14(17)12(13)8-10-4-1-2-5-11(10)9-15(18)19;2*1-9(14(15)16)10-3-4-12-8-13(17-2)6-5-11(12)7-10;2*9-8(10)4-2-1-3-7-5-6-11-12-7;;;;;/h2-8H,9,17H2,1H3,(H,18,19);1-7H,8,17H2,(H,18,19);2*1-7H,8-9H2,(H,18,19);2*3-9H,1-2H3,(H,15,16);2*7H,1-6H2,(H,9,10);5*1H4/p-1/t;;;;2*9-;2*7-;;;;;/m....0011...../s1. The summed E-state index contributed by atoms with van der Waals surface area (Å²) in [6.07, 6.45) is 10.1. The number of anilines is 2. The lowest BCUT2D eigenvalue weighted by atomic mass is 9.97. The lowest BCUT2D eigenvalue weighted by Crippen LogP contribution is -2.25.